The lowest BCUT2D eigenvalue weighted by atomic mass is 10.4. The van der Waals surface area contributed by atoms with Gasteiger partial charge in [0.25, 0.3) is 0 Å². The topological polar surface area (TPSA) is 133 Å². The number of amides is 2. The number of carbonyl (C=O) groups is 4. The second-order valence-electron chi connectivity index (χ2n) is 2.16. The molecular weight excluding hydrogens is 196 g/mol. The number of hydrogen-bond acceptors (Lipinski definition) is 4. The molecule has 0 aromatic carbocycles. The van der Waals surface area contributed by atoms with Crippen LogP contribution in [-0.2, 0) is 19.2 Å². The summed E-state index contributed by atoms with van der Waals surface area (Å²) in [6, 6.07) is 0. The summed E-state index contributed by atoms with van der Waals surface area (Å²) in [5.41, 5.74) is 0. The first-order valence-corrected chi connectivity index (χ1v) is 3.43. The monoisotopic (exact) mass is 204 g/mol. The van der Waals surface area contributed by atoms with Crippen molar-refractivity contribution in [2.24, 2.45) is 0 Å². The molecule has 14 heavy (non-hydrogen) atoms. The zero-order valence-electron chi connectivity index (χ0n) is 6.94. The van der Waals surface area contributed by atoms with Crippen LogP contribution in [0.3, 0.4) is 0 Å². The van der Waals surface area contributed by atoms with E-state index >= 15 is 0 Å². The molecule has 1 saturated heterocycles. The first-order valence-electron chi connectivity index (χ1n) is 3.43. The van der Waals surface area contributed by atoms with Gasteiger partial charge in [0.1, 0.15) is 0 Å². The summed E-state index contributed by atoms with van der Waals surface area (Å²) in [4.78, 5) is 38.8. The second-order valence-corrected chi connectivity index (χ2v) is 2.16. The molecule has 1 rings (SSSR count). The highest BCUT2D eigenvalue weighted by atomic mass is 16.4. The maximum Gasteiger partial charge on any atom is 0.414 e. The molecule has 0 aromatic heterocycles. The van der Waals surface area contributed by atoms with Crippen LogP contribution in [0.15, 0.2) is 0 Å². The Balaban J connectivity index is 0.000000255. The van der Waals surface area contributed by atoms with E-state index in [9.17, 15) is 9.59 Å². The average molecular weight is 204 g/mol. The number of piperazine rings is 1. The number of carbonyl (C=O) groups excluding carboxylic acids is 2. The molecule has 4 N–H and O–H groups in total. The van der Waals surface area contributed by atoms with Gasteiger partial charge >= 0.3 is 11.9 Å². The fourth-order valence-electron chi connectivity index (χ4n) is 0.483. The lowest BCUT2D eigenvalue weighted by Crippen LogP contribution is -2.48. The molecule has 78 valence electrons. The fourth-order valence-corrected chi connectivity index (χ4v) is 0.483. The van der Waals surface area contributed by atoms with Gasteiger partial charge in [-0.2, -0.15) is 0 Å². The number of hydrogen-bond donors (Lipinski definition) is 4. The Morgan fingerprint density at radius 1 is 0.929 bits per heavy atom. The molecule has 0 bridgehead atoms. The van der Waals surface area contributed by atoms with Crippen molar-refractivity contribution in [1.82, 2.24) is 10.6 Å². The minimum absolute atomic E-state index is 0.121. The molecule has 0 spiro atoms. The smallest absolute Gasteiger partial charge is 0.414 e. The highest BCUT2D eigenvalue weighted by Crippen LogP contribution is 1.72. The van der Waals surface area contributed by atoms with Crippen LogP contribution in [-0.4, -0.2) is 47.1 Å². The summed E-state index contributed by atoms with van der Waals surface area (Å²) in [7, 11) is 0. The predicted octanol–water partition coefficient (Wildman–Crippen LogP) is -2.61. The number of nitrogens with one attached hydrogen (secondary N) is 2. The van der Waals surface area contributed by atoms with Gasteiger partial charge in [0, 0.05) is 0 Å². The van der Waals surface area contributed by atoms with Crippen LogP contribution in [0.5, 0.6) is 0 Å². The lowest BCUT2D eigenvalue weighted by Gasteiger charge is -2.10. The maximum atomic E-state index is 10.3. The van der Waals surface area contributed by atoms with E-state index in [4.69, 9.17) is 19.8 Å². The molecule has 0 aromatic rings. The van der Waals surface area contributed by atoms with Crippen LogP contribution in [0.2, 0.25) is 0 Å². The van der Waals surface area contributed by atoms with Gasteiger partial charge in [0.2, 0.25) is 11.8 Å². The standard InChI is InChI=1S/C4H6N2O2.C2H2O4/c7-3-1-5-4(8)2-6-3;3-1(4)2(5)6/h1-2H2,(H,5,8)(H,6,7);(H,3,4)(H,5,6). The van der Waals surface area contributed by atoms with Crippen molar-refractivity contribution < 1.29 is 29.4 Å². The first-order chi connectivity index (χ1) is 6.43. The summed E-state index contributed by atoms with van der Waals surface area (Å²) in [6.07, 6.45) is 0. The molecular formula is C6H8N2O6. The summed E-state index contributed by atoms with van der Waals surface area (Å²) in [5, 5.41) is 19.5. The molecule has 1 aliphatic heterocycles. The molecule has 8 nitrogen and oxygen atoms in total. The van der Waals surface area contributed by atoms with Crippen molar-refractivity contribution >= 4 is 23.8 Å². The first kappa shape index (κ1) is 11.9. The normalized spacial score (nSPS) is 14.3. The van der Waals surface area contributed by atoms with Crippen molar-refractivity contribution in [2.45, 2.75) is 0 Å². The van der Waals surface area contributed by atoms with Crippen LogP contribution in [0.4, 0.5) is 0 Å². The highest BCUT2D eigenvalue weighted by molar-refractivity contribution is 6.27. The van der Waals surface area contributed by atoms with E-state index in [1.807, 2.05) is 0 Å². The Hall–Kier alpha value is -2.12. The SMILES string of the molecule is O=C(O)C(=O)O.O=C1CNC(=O)CN1. The predicted molar refractivity (Wildman–Crippen MR) is 41.3 cm³/mol. The molecule has 1 fully saturated rings. The van der Waals surface area contributed by atoms with Crippen LogP contribution >= 0.6 is 0 Å². The summed E-state index contributed by atoms with van der Waals surface area (Å²) < 4.78 is 0. The van der Waals surface area contributed by atoms with Crippen molar-refractivity contribution in [3.8, 4) is 0 Å². The van der Waals surface area contributed by atoms with Crippen LogP contribution in [0, 0.1) is 0 Å². The minimum Gasteiger partial charge on any atom is -0.473 e. The van der Waals surface area contributed by atoms with E-state index in [-0.39, 0.29) is 24.9 Å². The third-order valence-corrected chi connectivity index (χ3v) is 1.08. The lowest BCUT2D eigenvalue weighted by molar-refractivity contribution is -0.159. The van der Waals surface area contributed by atoms with Gasteiger partial charge in [-0.05, 0) is 0 Å². The van der Waals surface area contributed by atoms with E-state index in [2.05, 4.69) is 10.6 Å². The van der Waals surface area contributed by atoms with Gasteiger partial charge < -0.3 is 20.8 Å². The average Bonchev–Trinajstić information content (AvgIpc) is 2.11. The fraction of sp³-hybridized carbons (Fsp3) is 0.333. The maximum absolute atomic E-state index is 10.3. The Kier molecular flexibility index (Phi) is 4.68. The van der Waals surface area contributed by atoms with E-state index in [0.717, 1.165) is 0 Å². The third-order valence-electron chi connectivity index (χ3n) is 1.08. The minimum atomic E-state index is -1.82. The van der Waals surface area contributed by atoms with Gasteiger partial charge in [-0.1, -0.05) is 0 Å². The Morgan fingerprint density at radius 2 is 1.21 bits per heavy atom. The summed E-state index contributed by atoms with van der Waals surface area (Å²) in [5.74, 6) is -3.89. The van der Waals surface area contributed by atoms with Gasteiger partial charge in [-0.25, -0.2) is 9.59 Å². The quantitative estimate of drug-likeness (QED) is 0.319. The van der Waals surface area contributed by atoms with Crippen molar-refractivity contribution in [3.63, 3.8) is 0 Å². The number of carboxylic acid groups (broad SMARTS) is 2. The number of rotatable bonds is 0. The van der Waals surface area contributed by atoms with Crippen molar-refractivity contribution in [2.75, 3.05) is 13.1 Å². The van der Waals surface area contributed by atoms with E-state index < -0.39 is 11.9 Å². The van der Waals surface area contributed by atoms with Gasteiger partial charge in [0.15, 0.2) is 0 Å². The van der Waals surface area contributed by atoms with Crippen LogP contribution < -0.4 is 10.6 Å². The molecule has 0 saturated carbocycles. The largest absolute Gasteiger partial charge is 0.473 e. The van der Waals surface area contributed by atoms with E-state index in [1.165, 1.54) is 0 Å². The molecule has 2 amide bonds. The van der Waals surface area contributed by atoms with Gasteiger partial charge in [0.05, 0.1) is 13.1 Å². The number of aliphatic carboxylic acids is 2. The third kappa shape index (κ3) is 5.52. The molecule has 1 aliphatic rings. The summed E-state index contributed by atoms with van der Waals surface area (Å²) in [6.45, 7) is 0.248. The Bertz CT molecular complexity index is 233. The number of carboxylic acids is 2. The molecule has 0 unspecified atom stereocenters. The van der Waals surface area contributed by atoms with E-state index in [1.54, 1.807) is 0 Å². The molecule has 8 heteroatoms. The van der Waals surface area contributed by atoms with E-state index in [0.29, 0.717) is 0 Å². The van der Waals surface area contributed by atoms with Gasteiger partial charge in [-0.15, -0.1) is 0 Å². The van der Waals surface area contributed by atoms with Crippen molar-refractivity contribution in [1.29, 1.82) is 0 Å². The van der Waals surface area contributed by atoms with Crippen LogP contribution in [0.25, 0.3) is 0 Å². The van der Waals surface area contributed by atoms with Crippen molar-refractivity contribution in [3.05, 3.63) is 0 Å². The Labute approximate surface area is 77.9 Å². The summed E-state index contributed by atoms with van der Waals surface area (Å²) >= 11 is 0. The molecule has 0 atom stereocenters. The molecule has 1 heterocycles. The second kappa shape index (κ2) is 5.51. The van der Waals surface area contributed by atoms with Gasteiger partial charge in [-0.3, -0.25) is 9.59 Å². The molecule has 0 aliphatic carbocycles. The highest BCUT2D eigenvalue weighted by Gasteiger charge is 2.11. The molecule has 0 radical (unpaired) electrons. The zero-order chi connectivity index (χ0) is 11.1. The Morgan fingerprint density at radius 3 is 1.36 bits per heavy atom. The van der Waals surface area contributed by atoms with Crippen LogP contribution in [0.1, 0.15) is 0 Å². The zero-order valence-corrected chi connectivity index (χ0v) is 6.94.